The van der Waals surface area contributed by atoms with Crippen molar-refractivity contribution < 1.29 is 9.47 Å². The lowest BCUT2D eigenvalue weighted by molar-refractivity contribution is 0.166. The molecule has 2 fully saturated rings. The predicted octanol–water partition coefficient (Wildman–Crippen LogP) is 3.96. The molecule has 0 radical (unpaired) electrons. The molecule has 2 heterocycles. The molecule has 0 bridgehead atoms. The molecule has 2 unspecified atom stereocenters. The number of rotatable bonds is 10. The largest absolute Gasteiger partial charge is 0.493 e. The minimum Gasteiger partial charge on any atom is -0.493 e. The van der Waals surface area contributed by atoms with Gasteiger partial charge < -0.3 is 20.1 Å². The van der Waals surface area contributed by atoms with Gasteiger partial charge in [-0.1, -0.05) is 19.1 Å². The van der Waals surface area contributed by atoms with E-state index in [1.807, 2.05) is 0 Å². The zero-order valence-corrected chi connectivity index (χ0v) is 21.8. The third-order valence-electron chi connectivity index (χ3n) is 6.11. The highest BCUT2D eigenvalue weighted by Crippen LogP contribution is 2.23. The quantitative estimate of drug-likeness (QED) is 0.266. The van der Waals surface area contributed by atoms with Crippen molar-refractivity contribution in [2.24, 2.45) is 10.9 Å². The molecule has 1 aromatic carbocycles. The SMILES string of the molecule is CCNC(=NCc1ccc(C)cc1OCC1CCOC1)NCC(CC)N1CCCC1.I. The number of nitrogens with one attached hydrogen (secondary N) is 2. The van der Waals surface area contributed by atoms with Crippen molar-refractivity contribution in [1.82, 2.24) is 15.5 Å². The van der Waals surface area contributed by atoms with Crippen molar-refractivity contribution in [1.29, 1.82) is 0 Å². The van der Waals surface area contributed by atoms with Crippen molar-refractivity contribution in [3.05, 3.63) is 29.3 Å². The van der Waals surface area contributed by atoms with E-state index in [1.165, 1.54) is 31.5 Å². The number of hydrogen-bond donors (Lipinski definition) is 2. The molecular weight excluding hydrogens is 503 g/mol. The topological polar surface area (TPSA) is 58.1 Å². The number of aryl methyl sites for hydroxylation is 1. The van der Waals surface area contributed by atoms with Crippen LogP contribution in [0.25, 0.3) is 0 Å². The minimum atomic E-state index is 0. The molecule has 2 saturated heterocycles. The molecule has 176 valence electrons. The zero-order valence-electron chi connectivity index (χ0n) is 19.5. The number of likely N-dealkylation sites (tertiary alicyclic amines) is 1. The first-order valence-corrected chi connectivity index (χ1v) is 11.8. The first-order valence-electron chi connectivity index (χ1n) is 11.8. The Kier molecular flexibility index (Phi) is 12.0. The van der Waals surface area contributed by atoms with E-state index in [-0.39, 0.29) is 24.0 Å². The molecule has 2 aliphatic heterocycles. The molecule has 0 aromatic heterocycles. The maximum atomic E-state index is 6.18. The van der Waals surface area contributed by atoms with E-state index >= 15 is 0 Å². The molecule has 31 heavy (non-hydrogen) atoms. The van der Waals surface area contributed by atoms with Gasteiger partial charge in [-0.05, 0) is 64.3 Å². The second-order valence-corrected chi connectivity index (χ2v) is 8.53. The summed E-state index contributed by atoms with van der Waals surface area (Å²) in [5, 5.41) is 6.96. The third kappa shape index (κ3) is 8.42. The van der Waals surface area contributed by atoms with Gasteiger partial charge in [-0.15, -0.1) is 24.0 Å². The van der Waals surface area contributed by atoms with Gasteiger partial charge in [0.25, 0.3) is 0 Å². The molecule has 0 amide bonds. The van der Waals surface area contributed by atoms with E-state index in [4.69, 9.17) is 14.5 Å². The van der Waals surface area contributed by atoms with Crippen molar-refractivity contribution >= 4 is 29.9 Å². The first-order chi connectivity index (χ1) is 14.7. The van der Waals surface area contributed by atoms with Gasteiger partial charge in [-0.2, -0.15) is 0 Å². The molecule has 1 aromatic rings. The lowest BCUT2D eigenvalue weighted by atomic mass is 10.1. The molecule has 3 rings (SSSR count). The van der Waals surface area contributed by atoms with Gasteiger partial charge in [-0.3, -0.25) is 4.90 Å². The van der Waals surface area contributed by atoms with Crippen molar-refractivity contribution in [3.8, 4) is 5.75 Å². The second-order valence-electron chi connectivity index (χ2n) is 8.53. The Bertz CT molecular complexity index is 674. The number of ether oxygens (including phenoxy) is 2. The van der Waals surface area contributed by atoms with Crippen LogP contribution in [0.3, 0.4) is 0 Å². The summed E-state index contributed by atoms with van der Waals surface area (Å²) in [4.78, 5) is 7.46. The average molecular weight is 545 g/mol. The van der Waals surface area contributed by atoms with Crippen LogP contribution in [0.2, 0.25) is 0 Å². The van der Waals surface area contributed by atoms with Gasteiger partial charge in [0, 0.05) is 37.2 Å². The fourth-order valence-electron chi connectivity index (χ4n) is 4.21. The Morgan fingerprint density at radius 3 is 2.74 bits per heavy atom. The molecule has 7 heteroatoms. The van der Waals surface area contributed by atoms with E-state index < -0.39 is 0 Å². The average Bonchev–Trinajstić information content (AvgIpc) is 3.46. The summed E-state index contributed by atoms with van der Waals surface area (Å²) in [5.41, 5.74) is 2.34. The number of aliphatic imine (C=N–C) groups is 1. The van der Waals surface area contributed by atoms with Crippen LogP contribution < -0.4 is 15.4 Å². The van der Waals surface area contributed by atoms with Crippen molar-refractivity contribution in [2.45, 2.75) is 59.0 Å². The van der Waals surface area contributed by atoms with Crippen LogP contribution in [0.5, 0.6) is 5.75 Å². The molecule has 0 aliphatic carbocycles. The molecule has 2 aliphatic rings. The van der Waals surface area contributed by atoms with Gasteiger partial charge in [0.05, 0.1) is 19.8 Å². The maximum absolute atomic E-state index is 6.18. The van der Waals surface area contributed by atoms with E-state index in [2.05, 4.69) is 54.5 Å². The van der Waals surface area contributed by atoms with Crippen LogP contribution in [0, 0.1) is 12.8 Å². The van der Waals surface area contributed by atoms with Gasteiger partial charge >= 0.3 is 0 Å². The Balaban J connectivity index is 0.00000341. The van der Waals surface area contributed by atoms with Crippen LogP contribution in [-0.4, -0.2) is 62.9 Å². The lowest BCUT2D eigenvalue weighted by Gasteiger charge is -2.27. The van der Waals surface area contributed by atoms with E-state index in [0.29, 0.717) is 25.1 Å². The number of nitrogens with zero attached hydrogens (tertiary/aromatic N) is 2. The highest BCUT2D eigenvalue weighted by atomic mass is 127. The summed E-state index contributed by atoms with van der Waals surface area (Å²) in [7, 11) is 0. The Labute approximate surface area is 205 Å². The normalized spacial score (nSPS) is 20.4. The summed E-state index contributed by atoms with van der Waals surface area (Å²) in [5.74, 6) is 2.33. The summed E-state index contributed by atoms with van der Waals surface area (Å²) < 4.78 is 11.7. The highest BCUT2D eigenvalue weighted by molar-refractivity contribution is 14.0. The number of guanidine groups is 1. The molecule has 2 atom stereocenters. The van der Waals surface area contributed by atoms with Crippen LogP contribution in [0.15, 0.2) is 23.2 Å². The predicted molar refractivity (Wildman–Crippen MR) is 139 cm³/mol. The first kappa shape index (κ1) is 26.2. The standard InChI is InChI=1S/C24H40N4O2.HI/c1-4-22(28-11-6-7-12-28)16-27-24(25-5-2)26-15-21-9-8-19(3)14-23(21)30-18-20-10-13-29-17-20;/h8-9,14,20,22H,4-7,10-13,15-18H2,1-3H3,(H2,25,26,27);1H. The van der Waals surface area contributed by atoms with Crippen LogP contribution in [0.4, 0.5) is 0 Å². The number of benzene rings is 1. The fraction of sp³-hybridized carbons (Fsp3) is 0.708. The van der Waals surface area contributed by atoms with Gasteiger partial charge in [0.2, 0.25) is 0 Å². The van der Waals surface area contributed by atoms with Crippen LogP contribution in [-0.2, 0) is 11.3 Å². The monoisotopic (exact) mass is 544 g/mol. The summed E-state index contributed by atoms with van der Waals surface area (Å²) >= 11 is 0. The molecule has 0 spiro atoms. The van der Waals surface area contributed by atoms with Crippen molar-refractivity contribution in [2.75, 3.05) is 46.0 Å². The second kappa shape index (κ2) is 14.2. The van der Waals surface area contributed by atoms with Gasteiger partial charge in [0.15, 0.2) is 5.96 Å². The van der Waals surface area contributed by atoms with Crippen LogP contribution >= 0.6 is 24.0 Å². The molecular formula is C24H41IN4O2. The zero-order chi connectivity index (χ0) is 21.2. The number of halogens is 1. The van der Waals surface area contributed by atoms with Crippen LogP contribution in [0.1, 0.15) is 50.7 Å². The van der Waals surface area contributed by atoms with Gasteiger partial charge in [-0.25, -0.2) is 4.99 Å². The maximum Gasteiger partial charge on any atom is 0.191 e. The van der Waals surface area contributed by atoms with Crippen molar-refractivity contribution in [3.63, 3.8) is 0 Å². The fourth-order valence-corrected chi connectivity index (χ4v) is 4.21. The summed E-state index contributed by atoms with van der Waals surface area (Å²) in [6.07, 6.45) is 4.90. The molecule has 6 nitrogen and oxygen atoms in total. The molecule has 0 saturated carbocycles. The third-order valence-corrected chi connectivity index (χ3v) is 6.11. The van der Waals surface area contributed by atoms with Gasteiger partial charge in [0.1, 0.15) is 5.75 Å². The van der Waals surface area contributed by atoms with E-state index in [0.717, 1.165) is 56.4 Å². The minimum absolute atomic E-state index is 0. The Morgan fingerprint density at radius 2 is 2.06 bits per heavy atom. The highest BCUT2D eigenvalue weighted by Gasteiger charge is 2.20. The molecule has 2 N–H and O–H groups in total. The Hall–Kier alpha value is -1.06. The smallest absolute Gasteiger partial charge is 0.191 e. The number of hydrogen-bond acceptors (Lipinski definition) is 4. The lowest BCUT2D eigenvalue weighted by Crippen LogP contribution is -2.46. The Morgan fingerprint density at radius 1 is 1.26 bits per heavy atom. The summed E-state index contributed by atoms with van der Waals surface area (Å²) in [6, 6.07) is 6.98. The van der Waals surface area contributed by atoms with E-state index in [9.17, 15) is 0 Å². The summed E-state index contributed by atoms with van der Waals surface area (Å²) in [6.45, 7) is 13.7. The van der Waals surface area contributed by atoms with E-state index in [1.54, 1.807) is 0 Å².